The maximum atomic E-state index is 11.8. The van der Waals surface area contributed by atoms with Gasteiger partial charge in [0.15, 0.2) is 0 Å². The molecule has 2 aliphatic heterocycles. The summed E-state index contributed by atoms with van der Waals surface area (Å²) < 4.78 is 10.0. The van der Waals surface area contributed by atoms with Crippen LogP contribution in [0.4, 0.5) is 0 Å². The van der Waals surface area contributed by atoms with Gasteiger partial charge in [-0.3, -0.25) is 4.79 Å². The molecule has 2 aliphatic rings. The predicted octanol–water partition coefficient (Wildman–Crippen LogP) is -0.0607. The average Bonchev–Trinajstić information content (AvgIpc) is 2.76. The monoisotopic (exact) mass is 213 g/mol. The third kappa shape index (κ3) is 1.33. The van der Waals surface area contributed by atoms with Crippen molar-refractivity contribution in [1.82, 2.24) is 4.90 Å². The van der Waals surface area contributed by atoms with Gasteiger partial charge in [-0.25, -0.2) is 4.79 Å². The summed E-state index contributed by atoms with van der Waals surface area (Å²) in [6.45, 7) is 0.504. The number of nitrogens with zero attached hydrogens (tertiary/aromatic N) is 1. The smallest absolute Gasteiger partial charge is 0.331 e. The molecular formula is C10H15NO4. The van der Waals surface area contributed by atoms with E-state index in [0.29, 0.717) is 25.8 Å². The van der Waals surface area contributed by atoms with Gasteiger partial charge in [0.2, 0.25) is 5.91 Å². The van der Waals surface area contributed by atoms with E-state index in [1.165, 1.54) is 7.11 Å². The van der Waals surface area contributed by atoms with E-state index in [-0.39, 0.29) is 18.0 Å². The molecule has 0 aromatic heterocycles. The normalized spacial score (nSPS) is 34.4. The zero-order chi connectivity index (χ0) is 11.1. The highest BCUT2D eigenvalue weighted by Gasteiger charge is 2.57. The number of amides is 1. The molecule has 5 nitrogen and oxygen atoms in total. The molecule has 2 unspecified atom stereocenters. The van der Waals surface area contributed by atoms with Crippen molar-refractivity contribution in [1.29, 1.82) is 0 Å². The van der Waals surface area contributed by atoms with E-state index in [1.807, 2.05) is 0 Å². The topological polar surface area (TPSA) is 55.8 Å². The number of rotatable bonds is 2. The molecule has 2 rings (SSSR count). The lowest BCUT2D eigenvalue weighted by Crippen LogP contribution is -2.47. The van der Waals surface area contributed by atoms with Gasteiger partial charge in [0.05, 0.1) is 13.2 Å². The van der Waals surface area contributed by atoms with Gasteiger partial charge in [-0.1, -0.05) is 0 Å². The van der Waals surface area contributed by atoms with E-state index in [4.69, 9.17) is 9.47 Å². The lowest BCUT2D eigenvalue weighted by molar-refractivity contribution is -0.155. The molecule has 1 amide bonds. The molecule has 2 fully saturated rings. The fraction of sp³-hybridized carbons (Fsp3) is 0.800. The molecule has 0 spiro atoms. The fourth-order valence-corrected chi connectivity index (χ4v) is 2.60. The molecule has 0 aliphatic carbocycles. The Balaban J connectivity index is 2.27. The van der Waals surface area contributed by atoms with Gasteiger partial charge < -0.3 is 14.4 Å². The van der Waals surface area contributed by atoms with Crippen LogP contribution in [0.2, 0.25) is 0 Å². The van der Waals surface area contributed by atoms with Gasteiger partial charge in [0.25, 0.3) is 0 Å². The Labute approximate surface area is 88.3 Å². The standard InChI is InChI=1S/C10H15NO4/c1-14-7-5-10(9(13)15-2)4-3-8(12)11(10)6-7/h7H,3-6H2,1-2H3. The minimum Gasteiger partial charge on any atom is -0.467 e. The Morgan fingerprint density at radius 2 is 2.27 bits per heavy atom. The lowest BCUT2D eigenvalue weighted by Gasteiger charge is -2.28. The Hall–Kier alpha value is -1.10. The third-order valence-electron chi connectivity index (χ3n) is 3.42. The highest BCUT2D eigenvalue weighted by molar-refractivity contribution is 5.92. The summed E-state index contributed by atoms with van der Waals surface area (Å²) in [5, 5.41) is 0. The zero-order valence-corrected chi connectivity index (χ0v) is 8.99. The minimum atomic E-state index is -0.744. The molecule has 15 heavy (non-hydrogen) atoms. The molecule has 0 bridgehead atoms. The average molecular weight is 213 g/mol. The second kappa shape index (κ2) is 3.48. The zero-order valence-electron chi connectivity index (χ0n) is 8.99. The molecule has 5 heteroatoms. The molecule has 2 atom stereocenters. The summed E-state index contributed by atoms with van der Waals surface area (Å²) in [5.41, 5.74) is -0.744. The van der Waals surface area contributed by atoms with Crippen LogP contribution < -0.4 is 0 Å². The summed E-state index contributed by atoms with van der Waals surface area (Å²) in [6.07, 6.45) is 1.50. The summed E-state index contributed by atoms with van der Waals surface area (Å²) >= 11 is 0. The van der Waals surface area contributed by atoms with Gasteiger partial charge in [-0.2, -0.15) is 0 Å². The molecule has 2 saturated heterocycles. The summed E-state index contributed by atoms with van der Waals surface area (Å²) in [4.78, 5) is 25.0. The molecule has 0 N–H and O–H groups in total. The van der Waals surface area contributed by atoms with Crippen molar-refractivity contribution in [3.05, 3.63) is 0 Å². The highest BCUT2D eigenvalue weighted by Crippen LogP contribution is 2.41. The summed E-state index contributed by atoms with van der Waals surface area (Å²) in [6, 6.07) is 0. The number of esters is 1. The first kappa shape index (κ1) is 10.4. The van der Waals surface area contributed by atoms with Crippen LogP contribution in [0.5, 0.6) is 0 Å². The SMILES string of the molecule is COC(=O)C12CCC(=O)N1CC(OC)C2. The molecule has 2 heterocycles. The number of hydrogen-bond acceptors (Lipinski definition) is 4. The maximum Gasteiger partial charge on any atom is 0.331 e. The van der Waals surface area contributed by atoms with Crippen molar-refractivity contribution < 1.29 is 19.1 Å². The van der Waals surface area contributed by atoms with Crippen LogP contribution in [0, 0.1) is 0 Å². The summed E-state index contributed by atoms with van der Waals surface area (Å²) in [7, 11) is 2.96. The van der Waals surface area contributed by atoms with E-state index in [0.717, 1.165) is 0 Å². The number of fused-ring (bicyclic) bond motifs is 1. The lowest BCUT2D eigenvalue weighted by atomic mass is 9.93. The van der Waals surface area contributed by atoms with Crippen molar-refractivity contribution in [3.63, 3.8) is 0 Å². The van der Waals surface area contributed by atoms with Crippen molar-refractivity contribution in [2.24, 2.45) is 0 Å². The molecular weight excluding hydrogens is 198 g/mol. The van der Waals surface area contributed by atoms with Gasteiger partial charge in [-0.05, 0) is 6.42 Å². The quantitative estimate of drug-likeness (QED) is 0.603. The predicted molar refractivity (Wildman–Crippen MR) is 51.1 cm³/mol. The van der Waals surface area contributed by atoms with E-state index >= 15 is 0 Å². The van der Waals surface area contributed by atoms with Crippen molar-refractivity contribution >= 4 is 11.9 Å². The highest BCUT2D eigenvalue weighted by atomic mass is 16.5. The molecule has 0 saturated carbocycles. The van der Waals surface area contributed by atoms with Crippen LogP contribution in [-0.2, 0) is 19.1 Å². The van der Waals surface area contributed by atoms with E-state index in [9.17, 15) is 9.59 Å². The Bertz CT molecular complexity index is 304. The van der Waals surface area contributed by atoms with E-state index < -0.39 is 5.54 Å². The molecule has 0 radical (unpaired) electrons. The number of hydrogen-bond donors (Lipinski definition) is 0. The summed E-state index contributed by atoms with van der Waals surface area (Å²) in [5.74, 6) is -0.284. The maximum absolute atomic E-state index is 11.8. The first-order chi connectivity index (χ1) is 7.14. The van der Waals surface area contributed by atoms with Gasteiger partial charge >= 0.3 is 5.97 Å². The number of methoxy groups -OCH3 is 2. The third-order valence-corrected chi connectivity index (χ3v) is 3.42. The first-order valence-corrected chi connectivity index (χ1v) is 5.06. The van der Waals surface area contributed by atoms with Crippen LogP contribution in [0.1, 0.15) is 19.3 Å². The van der Waals surface area contributed by atoms with Crippen molar-refractivity contribution in [3.8, 4) is 0 Å². The van der Waals surface area contributed by atoms with Crippen LogP contribution in [-0.4, -0.2) is 49.2 Å². The van der Waals surface area contributed by atoms with Gasteiger partial charge in [0.1, 0.15) is 5.54 Å². The fourth-order valence-electron chi connectivity index (χ4n) is 2.60. The van der Waals surface area contributed by atoms with Crippen LogP contribution in [0.25, 0.3) is 0 Å². The van der Waals surface area contributed by atoms with E-state index in [2.05, 4.69) is 0 Å². The number of carbonyl (C=O) groups is 2. The van der Waals surface area contributed by atoms with Crippen molar-refractivity contribution in [2.75, 3.05) is 20.8 Å². The molecule has 0 aromatic rings. The van der Waals surface area contributed by atoms with Crippen LogP contribution >= 0.6 is 0 Å². The van der Waals surface area contributed by atoms with Crippen LogP contribution in [0.3, 0.4) is 0 Å². The van der Waals surface area contributed by atoms with Gasteiger partial charge in [-0.15, -0.1) is 0 Å². The number of carbonyl (C=O) groups excluding carboxylic acids is 2. The Kier molecular flexibility index (Phi) is 2.42. The first-order valence-electron chi connectivity index (χ1n) is 5.06. The Morgan fingerprint density at radius 1 is 1.53 bits per heavy atom. The number of ether oxygens (including phenoxy) is 2. The Morgan fingerprint density at radius 3 is 2.87 bits per heavy atom. The second-order valence-electron chi connectivity index (χ2n) is 4.09. The molecule has 84 valence electrons. The van der Waals surface area contributed by atoms with Crippen molar-refractivity contribution in [2.45, 2.75) is 30.9 Å². The minimum absolute atomic E-state index is 0.0277. The van der Waals surface area contributed by atoms with E-state index in [1.54, 1.807) is 12.0 Å². The second-order valence-corrected chi connectivity index (χ2v) is 4.09. The van der Waals surface area contributed by atoms with Crippen LogP contribution in [0.15, 0.2) is 0 Å². The van der Waals surface area contributed by atoms with Gasteiger partial charge in [0, 0.05) is 26.5 Å². The molecule has 0 aromatic carbocycles. The largest absolute Gasteiger partial charge is 0.467 e.